The standard InChI is InChI=1S/C24H24ClN3O/c25-18-3-1-17(2-4-18)22-27-20-6-5-19(10-21(20)28-22)26-23(29)24-11-14-7-15(12-24)9-16(8-14)13-24/h1-6,10,14-16H,7-9,11-13H2,(H,26,29)(H,27,28). The van der Waals surface area contributed by atoms with E-state index in [1.165, 1.54) is 19.3 Å². The van der Waals surface area contributed by atoms with Gasteiger partial charge >= 0.3 is 0 Å². The molecule has 4 saturated carbocycles. The number of anilines is 1. The molecule has 0 atom stereocenters. The average molecular weight is 406 g/mol. The van der Waals surface area contributed by atoms with Crippen LogP contribution in [0.2, 0.25) is 5.02 Å². The zero-order valence-corrected chi connectivity index (χ0v) is 17.0. The van der Waals surface area contributed by atoms with Gasteiger partial charge in [-0.1, -0.05) is 11.6 Å². The van der Waals surface area contributed by atoms with Gasteiger partial charge in [-0.2, -0.15) is 0 Å². The highest BCUT2D eigenvalue weighted by Gasteiger charge is 2.54. The first-order chi connectivity index (χ1) is 14.1. The first-order valence-electron chi connectivity index (χ1n) is 10.6. The molecule has 2 aromatic carbocycles. The number of aromatic amines is 1. The number of amides is 1. The lowest BCUT2D eigenvalue weighted by Crippen LogP contribution is -2.51. The summed E-state index contributed by atoms with van der Waals surface area (Å²) >= 11 is 5.99. The molecule has 4 bridgehead atoms. The maximum absolute atomic E-state index is 13.3. The Morgan fingerprint density at radius 3 is 2.31 bits per heavy atom. The molecule has 3 aromatic rings. The zero-order chi connectivity index (χ0) is 19.6. The Bertz CT molecular complexity index is 1070. The van der Waals surface area contributed by atoms with Crippen LogP contribution >= 0.6 is 11.6 Å². The van der Waals surface area contributed by atoms with Gasteiger partial charge in [0.15, 0.2) is 0 Å². The second kappa shape index (κ2) is 6.33. The Hall–Kier alpha value is -2.33. The van der Waals surface area contributed by atoms with Crippen molar-refractivity contribution in [3.05, 3.63) is 47.5 Å². The molecule has 29 heavy (non-hydrogen) atoms. The lowest BCUT2D eigenvalue weighted by atomic mass is 9.49. The minimum Gasteiger partial charge on any atom is -0.338 e. The molecule has 1 aromatic heterocycles. The van der Waals surface area contributed by atoms with Gasteiger partial charge < -0.3 is 10.3 Å². The van der Waals surface area contributed by atoms with E-state index in [0.29, 0.717) is 5.02 Å². The highest BCUT2D eigenvalue weighted by atomic mass is 35.5. The molecule has 7 rings (SSSR count). The second-order valence-electron chi connectivity index (χ2n) is 9.48. The van der Waals surface area contributed by atoms with Crippen molar-refractivity contribution >= 4 is 34.2 Å². The van der Waals surface area contributed by atoms with E-state index in [1.54, 1.807) is 0 Å². The largest absolute Gasteiger partial charge is 0.338 e. The van der Waals surface area contributed by atoms with Gasteiger partial charge in [0.1, 0.15) is 5.82 Å². The minimum atomic E-state index is -0.133. The number of nitrogens with zero attached hydrogens (tertiary/aromatic N) is 1. The van der Waals surface area contributed by atoms with E-state index >= 15 is 0 Å². The summed E-state index contributed by atoms with van der Waals surface area (Å²) in [6.07, 6.45) is 7.29. The molecule has 4 nitrogen and oxygen atoms in total. The quantitative estimate of drug-likeness (QED) is 0.558. The zero-order valence-electron chi connectivity index (χ0n) is 16.2. The summed E-state index contributed by atoms with van der Waals surface area (Å²) < 4.78 is 0. The molecule has 1 heterocycles. The third-order valence-electron chi connectivity index (χ3n) is 7.38. The van der Waals surface area contributed by atoms with Gasteiger partial charge in [-0.25, -0.2) is 4.98 Å². The highest BCUT2D eigenvalue weighted by molar-refractivity contribution is 6.30. The number of benzene rings is 2. The number of halogens is 1. The van der Waals surface area contributed by atoms with Gasteiger partial charge in [0.2, 0.25) is 5.91 Å². The summed E-state index contributed by atoms with van der Waals surface area (Å²) in [6, 6.07) is 13.6. The van der Waals surface area contributed by atoms with Crippen molar-refractivity contribution in [1.29, 1.82) is 0 Å². The summed E-state index contributed by atoms with van der Waals surface area (Å²) in [5.41, 5.74) is 3.53. The van der Waals surface area contributed by atoms with Crippen LogP contribution in [0, 0.1) is 23.2 Å². The average Bonchev–Trinajstić information content (AvgIpc) is 3.11. The summed E-state index contributed by atoms with van der Waals surface area (Å²) in [7, 11) is 0. The van der Waals surface area contributed by atoms with Crippen LogP contribution in [0.5, 0.6) is 0 Å². The molecule has 0 radical (unpaired) electrons. The van der Waals surface area contributed by atoms with E-state index in [2.05, 4.69) is 15.3 Å². The minimum absolute atomic E-state index is 0.133. The monoisotopic (exact) mass is 405 g/mol. The number of carbonyl (C=O) groups is 1. The third-order valence-corrected chi connectivity index (χ3v) is 7.63. The van der Waals surface area contributed by atoms with Crippen molar-refractivity contribution in [3.63, 3.8) is 0 Å². The molecule has 148 valence electrons. The maximum atomic E-state index is 13.3. The number of rotatable bonds is 3. The number of carbonyl (C=O) groups excluding carboxylic acids is 1. The number of aromatic nitrogens is 2. The number of H-pyrrole nitrogens is 1. The van der Waals surface area contributed by atoms with E-state index in [4.69, 9.17) is 11.6 Å². The third kappa shape index (κ3) is 2.96. The SMILES string of the molecule is O=C(Nc1ccc2nc(-c3ccc(Cl)cc3)[nH]c2c1)C12CC3CC(CC(C3)C1)C2. The molecule has 5 heteroatoms. The molecule has 4 fully saturated rings. The molecular weight excluding hydrogens is 382 g/mol. The van der Waals surface area contributed by atoms with Gasteiger partial charge in [0.05, 0.1) is 16.4 Å². The smallest absolute Gasteiger partial charge is 0.230 e. The second-order valence-corrected chi connectivity index (χ2v) is 9.91. The fourth-order valence-electron chi connectivity index (χ4n) is 6.48. The number of imidazole rings is 1. The Kier molecular flexibility index (Phi) is 3.83. The predicted molar refractivity (Wildman–Crippen MR) is 116 cm³/mol. The Morgan fingerprint density at radius 2 is 1.66 bits per heavy atom. The van der Waals surface area contributed by atoms with E-state index < -0.39 is 0 Å². The highest BCUT2D eigenvalue weighted by Crippen LogP contribution is 2.60. The van der Waals surface area contributed by atoms with Crippen LogP contribution in [0.25, 0.3) is 22.4 Å². The predicted octanol–water partition coefficient (Wildman–Crippen LogP) is 6.04. The van der Waals surface area contributed by atoms with Crippen molar-refractivity contribution in [1.82, 2.24) is 9.97 Å². The van der Waals surface area contributed by atoms with Crippen molar-refractivity contribution < 1.29 is 4.79 Å². The number of fused-ring (bicyclic) bond motifs is 1. The van der Waals surface area contributed by atoms with Crippen molar-refractivity contribution in [2.75, 3.05) is 5.32 Å². The van der Waals surface area contributed by atoms with Gasteiger partial charge in [-0.15, -0.1) is 0 Å². The van der Waals surface area contributed by atoms with Crippen molar-refractivity contribution in [2.24, 2.45) is 23.2 Å². The van der Waals surface area contributed by atoms with Gasteiger partial charge in [0.25, 0.3) is 0 Å². The van der Waals surface area contributed by atoms with Crippen LogP contribution in [-0.4, -0.2) is 15.9 Å². The summed E-state index contributed by atoms with van der Waals surface area (Å²) in [5.74, 6) is 3.34. The fourth-order valence-corrected chi connectivity index (χ4v) is 6.61. The van der Waals surface area contributed by atoms with Gasteiger partial charge in [-0.05, 0) is 98.7 Å². The van der Waals surface area contributed by atoms with Crippen LogP contribution in [0.4, 0.5) is 5.69 Å². The Morgan fingerprint density at radius 1 is 1.00 bits per heavy atom. The van der Waals surface area contributed by atoms with E-state index in [1.807, 2.05) is 42.5 Å². The number of hydrogen-bond acceptors (Lipinski definition) is 2. The fraction of sp³-hybridized carbons (Fsp3) is 0.417. The van der Waals surface area contributed by atoms with Crippen LogP contribution in [0.3, 0.4) is 0 Å². The van der Waals surface area contributed by atoms with Crippen LogP contribution < -0.4 is 5.32 Å². The first-order valence-corrected chi connectivity index (χ1v) is 11.0. The molecule has 0 aliphatic heterocycles. The molecule has 0 spiro atoms. The molecule has 4 aliphatic carbocycles. The van der Waals surface area contributed by atoms with E-state index in [-0.39, 0.29) is 11.3 Å². The summed E-state index contributed by atoms with van der Waals surface area (Å²) in [5, 5.41) is 3.95. The lowest BCUT2D eigenvalue weighted by Gasteiger charge is -2.55. The molecule has 4 aliphatic rings. The van der Waals surface area contributed by atoms with Gasteiger partial charge in [0, 0.05) is 16.3 Å². The number of nitrogens with one attached hydrogen (secondary N) is 2. The lowest BCUT2D eigenvalue weighted by molar-refractivity contribution is -0.140. The molecular formula is C24H24ClN3O. The first kappa shape index (κ1) is 17.5. The Balaban J connectivity index is 1.26. The van der Waals surface area contributed by atoms with Crippen LogP contribution in [0.15, 0.2) is 42.5 Å². The van der Waals surface area contributed by atoms with E-state index in [9.17, 15) is 4.79 Å². The van der Waals surface area contributed by atoms with Crippen LogP contribution in [-0.2, 0) is 4.79 Å². The molecule has 0 saturated heterocycles. The summed E-state index contributed by atoms with van der Waals surface area (Å²) in [6.45, 7) is 0. The summed E-state index contributed by atoms with van der Waals surface area (Å²) in [4.78, 5) is 21.4. The van der Waals surface area contributed by atoms with Crippen LogP contribution in [0.1, 0.15) is 38.5 Å². The van der Waals surface area contributed by atoms with Crippen molar-refractivity contribution in [2.45, 2.75) is 38.5 Å². The van der Waals surface area contributed by atoms with E-state index in [0.717, 1.165) is 65.1 Å². The normalized spacial score (nSPS) is 30.0. The Labute approximate surface area is 175 Å². The molecule has 0 unspecified atom stereocenters. The molecule has 1 amide bonds. The number of hydrogen-bond donors (Lipinski definition) is 2. The van der Waals surface area contributed by atoms with Crippen molar-refractivity contribution in [3.8, 4) is 11.4 Å². The maximum Gasteiger partial charge on any atom is 0.230 e. The topological polar surface area (TPSA) is 57.8 Å². The molecule has 2 N–H and O–H groups in total. The van der Waals surface area contributed by atoms with Gasteiger partial charge in [-0.3, -0.25) is 4.79 Å².